The third-order valence-corrected chi connectivity index (χ3v) is 5.02. The van der Waals surface area contributed by atoms with Crippen molar-refractivity contribution in [1.29, 1.82) is 0 Å². The van der Waals surface area contributed by atoms with Crippen LogP contribution in [0.2, 0.25) is 0 Å². The lowest BCUT2D eigenvalue weighted by molar-refractivity contribution is 0.284. The average molecular weight is 254 g/mol. The van der Waals surface area contributed by atoms with Crippen LogP contribution >= 0.6 is 11.3 Å². The van der Waals surface area contributed by atoms with Crippen LogP contribution in [0.4, 0.5) is 5.13 Å². The van der Waals surface area contributed by atoms with Crippen LogP contribution in [0.25, 0.3) is 0 Å². The van der Waals surface area contributed by atoms with Crippen LogP contribution in [0.15, 0.2) is 0 Å². The summed E-state index contributed by atoms with van der Waals surface area (Å²) in [5, 5.41) is 10.3. The van der Waals surface area contributed by atoms with Crippen molar-refractivity contribution in [1.82, 2.24) is 4.98 Å². The van der Waals surface area contributed by atoms with Gasteiger partial charge in [-0.05, 0) is 25.7 Å². The number of hydrogen-bond donors (Lipinski definition) is 1. The highest BCUT2D eigenvalue weighted by Gasteiger charge is 2.24. The highest BCUT2D eigenvalue weighted by atomic mass is 32.1. The third-order valence-electron chi connectivity index (χ3n) is 3.78. The van der Waals surface area contributed by atoms with Crippen LogP contribution in [0.1, 0.15) is 43.2 Å². The summed E-state index contributed by atoms with van der Waals surface area (Å²) in [6, 6.07) is 0.621. The molecule has 1 N–H and O–H groups in total. The standard InChI is InChI=1S/C13H22N2OS/c1-9-5-4-6-11(7-9)15(3)13-14-10(2)12(8-16)17-13/h9,11,16H,4-8H2,1-3H3. The summed E-state index contributed by atoms with van der Waals surface area (Å²) >= 11 is 1.63. The number of aryl methyl sites for hydroxylation is 1. The zero-order valence-electron chi connectivity index (χ0n) is 10.9. The van der Waals surface area contributed by atoms with Gasteiger partial charge in [-0.3, -0.25) is 0 Å². The average Bonchev–Trinajstić information content (AvgIpc) is 2.69. The van der Waals surface area contributed by atoms with Gasteiger partial charge >= 0.3 is 0 Å². The second-order valence-corrected chi connectivity index (χ2v) is 6.26. The summed E-state index contributed by atoms with van der Waals surface area (Å²) in [5.41, 5.74) is 0.975. The van der Waals surface area contributed by atoms with E-state index in [0.717, 1.165) is 21.6 Å². The molecule has 0 saturated heterocycles. The van der Waals surface area contributed by atoms with Crippen molar-refractivity contribution in [3.05, 3.63) is 10.6 Å². The van der Waals surface area contributed by atoms with E-state index < -0.39 is 0 Å². The fraction of sp³-hybridized carbons (Fsp3) is 0.769. The molecule has 1 heterocycles. The Morgan fingerprint density at radius 1 is 1.47 bits per heavy atom. The molecule has 0 aromatic carbocycles. The SMILES string of the molecule is Cc1nc(N(C)C2CCCC(C)C2)sc1CO. The van der Waals surface area contributed by atoms with Gasteiger partial charge < -0.3 is 10.0 Å². The predicted molar refractivity (Wildman–Crippen MR) is 72.6 cm³/mol. The fourth-order valence-corrected chi connectivity index (χ4v) is 3.57. The molecule has 0 amide bonds. The minimum atomic E-state index is 0.110. The first kappa shape index (κ1) is 12.8. The highest BCUT2D eigenvalue weighted by Crippen LogP contribution is 2.32. The van der Waals surface area contributed by atoms with Crippen molar-refractivity contribution in [3.63, 3.8) is 0 Å². The van der Waals surface area contributed by atoms with Crippen molar-refractivity contribution in [2.75, 3.05) is 11.9 Å². The lowest BCUT2D eigenvalue weighted by Gasteiger charge is -2.33. The van der Waals surface area contributed by atoms with Crippen molar-refractivity contribution in [3.8, 4) is 0 Å². The Labute approximate surface area is 107 Å². The Kier molecular flexibility index (Phi) is 4.05. The molecule has 0 radical (unpaired) electrons. The summed E-state index contributed by atoms with van der Waals surface area (Å²) in [7, 11) is 2.14. The quantitative estimate of drug-likeness (QED) is 0.901. The van der Waals surface area contributed by atoms with Gasteiger partial charge in [0.25, 0.3) is 0 Å². The number of nitrogens with zero attached hydrogens (tertiary/aromatic N) is 2. The number of aromatic nitrogens is 1. The van der Waals surface area contributed by atoms with E-state index in [1.807, 2.05) is 6.92 Å². The van der Waals surface area contributed by atoms with Crippen LogP contribution < -0.4 is 4.90 Å². The molecule has 1 aromatic heterocycles. The lowest BCUT2D eigenvalue weighted by Crippen LogP contribution is -2.35. The summed E-state index contributed by atoms with van der Waals surface area (Å²) in [6.07, 6.45) is 5.23. The van der Waals surface area contributed by atoms with E-state index in [-0.39, 0.29) is 6.61 Å². The highest BCUT2D eigenvalue weighted by molar-refractivity contribution is 7.15. The molecule has 96 valence electrons. The van der Waals surface area contributed by atoms with Crippen molar-refractivity contribution >= 4 is 16.5 Å². The second kappa shape index (κ2) is 5.36. The number of aliphatic hydroxyl groups excluding tert-OH is 1. The van der Waals surface area contributed by atoms with Gasteiger partial charge in [0.15, 0.2) is 5.13 Å². The van der Waals surface area contributed by atoms with Gasteiger partial charge in [0, 0.05) is 13.1 Å². The Bertz CT molecular complexity index is 377. The van der Waals surface area contributed by atoms with Gasteiger partial charge in [-0.15, -0.1) is 0 Å². The van der Waals surface area contributed by atoms with Crippen LogP contribution in [-0.4, -0.2) is 23.2 Å². The minimum absolute atomic E-state index is 0.110. The molecule has 1 saturated carbocycles. The van der Waals surface area contributed by atoms with E-state index in [2.05, 4.69) is 23.9 Å². The molecule has 1 fully saturated rings. The Hall–Kier alpha value is -0.610. The number of aliphatic hydroxyl groups is 1. The number of hydrogen-bond acceptors (Lipinski definition) is 4. The van der Waals surface area contributed by atoms with Crippen LogP contribution in [0.5, 0.6) is 0 Å². The molecule has 3 nitrogen and oxygen atoms in total. The van der Waals surface area contributed by atoms with Crippen LogP contribution in [0.3, 0.4) is 0 Å². The third kappa shape index (κ3) is 2.80. The molecule has 4 heteroatoms. The van der Waals surface area contributed by atoms with Gasteiger partial charge in [0.05, 0.1) is 17.2 Å². The van der Waals surface area contributed by atoms with Gasteiger partial charge in [-0.2, -0.15) is 0 Å². The zero-order chi connectivity index (χ0) is 12.4. The molecule has 0 spiro atoms. The molecule has 17 heavy (non-hydrogen) atoms. The molecule has 2 rings (SSSR count). The van der Waals surface area contributed by atoms with Crippen molar-refractivity contribution in [2.24, 2.45) is 5.92 Å². The normalized spacial score (nSPS) is 24.9. The molecule has 2 atom stereocenters. The molecule has 0 bridgehead atoms. The Morgan fingerprint density at radius 2 is 2.24 bits per heavy atom. The molecule has 2 unspecified atom stereocenters. The minimum Gasteiger partial charge on any atom is -0.391 e. The van der Waals surface area contributed by atoms with Gasteiger partial charge in [0.1, 0.15) is 0 Å². The molecule has 0 aliphatic heterocycles. The van der Waals surface area contributed by atoms with Crippen molar-refractivity contribution in [2.45, 2.75) is 52.2 Å². The second-order valence-electron chi connectivity index (χ2n) is 5.20. The van der Waals surface area contributed by atoms with Crippen LogP contribution in [0, 0.1) is 12.8 Å². The summed E-state index contributed by atoms with van der Waals surface area (Å²) in [4.78, 5) is 7.87. The van der Waals surface area contributed by atoms with E-state index in [9.17, 15) is 5.11 Å². The topological polar surface area (TPSA) is 36.4 Å². The van der Waals surface area contributed by atoms with Crippen LogP contribution in [-0.2, 0) is 6.61 Å². The lowest BCUT2D eigenvalue weighted by atomic mass is 9.86. The number of thiazole rings is 1. The maximum absolute atomic E-state index is 9.22. The van der Waals surface area contributed by atoms with E-state index in [1.54, 1.807) is 11.3 Å². The van der Waals surface area contributed by atoms with Gasteiger partial charge in [-0.25, -0.2) is 4.98 Å². The predicted octanol–water partition coefficient (Wildman–Crippen LogP) is 2.96. The molecular weight excluding hydrogens is 232 g/mol. The summed E-state index contributed by atoms with van der Waals surface area (Å²) < 4.78 is 0. The van der Waals surface area contributed by atoms with Gasteiger partial charge in [0.2, 0.25) is 0 Å². The first-order valence-corrected chi connectivity index (χ1v) is 7.23. The van der Waals surface area contributed by atoms with Crippen molar-refractivity contribution < 1.29 is 5.11 Å². The molecular formula is C13H22N2OS. The van der Waals surface area contributed by atoms with Gasteiger partial charge in [-0.1, -0.05) is 31.1 Å². The molecule has 1 aliphatic rings. The maximum atomic E-state index is 9.22. The number of anilines is 1. The summed E-state index contributed by atoms with van der Waals surface area (Å²) in [5.74, 6) is 0.828. The number of rotatable bonds is 3. The largest absolute Gasteiger partial charge is 0.391 e. The zero-order valence-corrected chi connectivity index (χ0v) is 11.8. The monoisotopic (exact) mass is 254 g/mol. The Balaban J connectivity index is 2.09. The van der Waals surface area contributed by atoms with E-state index in [4.69, 9.17) is 0 Å². The van der Waals surface area contributed by atoms with E-state index in [0.29, 0.717) is 6.04 Å². The van der Waals surface area contributed by atoms with E-state index in [1.165, 1.54) is 25.7 Å². The Morgan fingerprint density at radius 3 is 2.82 bits per heavy atom. The fourth-order valence-electron chi connectivity index (χ4n) is 2.62. The van der Waals surface area contributed by atoms with E-state index >= 15 is 0 Å². The first-order chi connectivity index (χ1) is 8.11. The smallest absolute Gasteiger partial charge is 0.185 e. The molecule has 1 aliphatic carbocycles. The molecule has 1 aromatic rings. The summed E-state index contributed by atoms with van der Waals surface area (Å²) in [6.45, 7) is 4.42. The first-order valence-electron chi connectivity index (χ1n) is 6.41. The maximum Gasteiger partial charge on any atom is 0.185 e.